The molecule has 0 saturated carbocycles. The Labute approximate surface area is 167 Å². The molecule has 0 radical (unpaired) electrons. The van der Waals surface area contributed by atoms with Crippen LogP contribution in [0.2, 0.25) is 0 Å². The van der Waals surface area contributed by atoms with Crippen molar-refractivity contribution in [2.75, 3.05) is 6.54 Å². The molecular weight excluding hydrogens is 370 g/mol. The van der Waals surface area contributed by atoms with Crippen molar-refractivity contribution in [1.29, 1.82) is 0 Å². The fourth-order valence-electron chi connectivity index (χ4n) is 3.01. The summed E-state index contributed by atoms with van der Waals surface area (Å²) in [6.45, 7) is 6.30. The molecule has 148 valence electrons. The molecule has 1 heterocycles. The van der Waals surface area contributed by atoms with Gasteiger partial charge in [-0.25, -0.2) is 17.8 Å². The topological polar surface area (TPSA) is 64.0 Å². The monoisotopic (exact) mass is 397 g/mol. The number of benzene rings is 2. The van der Waals surface area contributed by atoms with Crippen molar-refractivity contribution in [3.63, 3.8) is 0 Å². The van der Waals surface area contributed by atoms with Gasteiger partial charge in [-0.3, -0.25) is 0 Å². The predicted molar refractivity (Wildman–Crippen MR) is 112 cm³/mol. The van der Waals surface area contributed by atoms with Gasteiger partial charge in [-0.1, -0.05) is 69.3 Å². The average molecular weight is 398 g/mol. The number of rotatable bonds is 7. The Morgan fingerprint density at radius 3 is 2.18 bits per heavy atom. The highest BCUT2D eigenvalue weighted by atomic mass is 32.2. The maximum absolute atomic E-state index is 13.0. The van der Waals surface area contributed by atoms with Gasteiger partial charge in [0.1, 0.15) is 4.90 Å². The van der Waals surface area contributed by atoms with Crippen LogP contribution >= 0.6 is 0 Å². The van der Waals surface area contributed by atoms with Gasteiger partial charge in [0.15, 0.2) is 0 Å². The molecule has 6 heteroatoms. The van der Waals surface area contributed by atoms with Crippen molar-refractivity contribution >= 4 is 10.0 Å². The third-order valence-electron chi connectivity index (χ3n) is 4.48. The summed E-state index contributed by atoms with van der Waals surface area (Å²) < 4.78 is 30.4. The minimum absolute atomic E-state index is 0.239. The molecule has 0 bridgehead atoms. The zero-order valence-electron chi connectivity index (χ0n) is 16.6. The van der Waals surface area contributed by atoms with Crippen LogP contribution in [0.15, 0.2) is 71.8 Å². The highest BCUT2D eigenvalue weighted by Crippen LogP contribution is 2.28. The van der Waals surface area contributed by atoms with Gasteiger partial charge in [-0.05, 0) is 30.5 Å². The molecule has 0 unspecified atom stereocenters. The average Bonchev–Trinajstić information content (AvgIpc) is 3.14. The molecule has 2 aromatic carbocycles. The fraction of sp³-hybridized carbons (Fsp3) is 0.318. The molecule has 0 aliphatic rings. The first-order chi connectivity index (χ1) is 13.3. The van der Waals surface area contributed by atoms with Gasteiger partial charge in [-0.2, -0.15) is 5.10 Å². The smallest absolute Gasteiger partial charge is 0.239 e. The molecule has 0 fully saturated rings. The number of nitrogens with one attached hydrogen (secondary N) is 1. The van der Waals surface area contributed by atoms with Crippen LogP contribution in [-0.2, 0) is 21.9 Å². The Morgan fingerprint density at radius 2 is 1.57 bits per heavy atom. The van der Waals surface area contributed by atoms with Crippen molar-refractivity contribution in [3.8, 4) is 5.69 Å². The van der Waals surface area contributed by atoms with Gasteiger partial charge in [-0.15, -0.1) is 0 Å². The van der Waals surface area contributed by atoms with Crippen LogP contribution in [0.4, 0.5) is 0 Å². The molecule has 0 aliphatic heterocycles. The van der Waals surface area contributed by atoms with Crippen molar-refractivity contribution in [2.24, 2.45) is 0 Å². The van der Waals surface area contributed by atoms with Gasteiger partial charge in [0.25, 0.3) is 0 Å². The summed E-state index contributed by atoms with van der Waals surface area (Å²) >= 11 is 0. The van der Waals surface area contributed by atoms with E-state index in [9.17, 15) is 8.42 Å². The van der Waals surface area contributed by atoms with E-state index in [1.54, 1.807) is 10.9 Å². The minimum Gasteiger partial charge on any atom is -0.239 e. The van der Waals surface area contributed by atoms with E-state index in [0.717, 1.165) is 18.5 Å². The molecule has 5 nitrogen and oxygen atoms in total. The lowest BCUT2D eigenvalue weighted by Crippen LogP contribution is -2.27. The summed E-state index contributed by atoms with van der Waals surface area (Å²) in [6, 6.07) is 19.6. The molecular formula is C22H27N3O2S. The van der Waals surface area contributed by atoms with E-state index < -0.39 is 15.4 Å². The van der Waals surface area contributed by atoms with E-state index in [0.29, 0.717) is 12.2 Å². The fourth-order valence-corrected chi connectivity index (χ4v) is 4.42. The number of aromatic nitrogens is 2. The highest BCUT2D eigenvalue weighted by molar-refractivity contribution is 7.89. The van der Waals surface area contributed by atoms with E-state index in [1.807, 2.05) is 69.3 Å². The number of para-hydroxylation sites is 1. The molecule has 0 spiro atoms. The second-order valence-electron chi connectivity index (χ2n) is 7.86. The first-order valence-electron chi connectivity index (χ1n) is 9.46. The van der Waals surface area contributed by atoms with Crippen LogP contribution in [0.25, 0.3) is 5.69 Å². The molecule has 0 amide bonds. The van der Waals surface area contributed by atoms with Gasteiger partial charge in [0.2, 0.25) is 10.0 Å². The van der Waals surface area contributed by atoms with Crippen LogP contribution in [0.1, 0.15) is 38.4 Å². The normalized spacial score (nSPS) is 12.2. The van der Waals surface area contributed by atoms with Crippen LogP contribution in [0.3, 0.4) is 0 Å². The zero-order valence-corrected chi connectivity index (χ0v) is 17.4. The summed E-state index contributed by atoms with van der Waals surface area (Å²) in [5.74, 6) is 0. The van der Waals surface area contributed by atoms with Gasteiger partial charge in [0, 0.05) is 12.0 Å². The number of nitrogens with zero attached hydrogens (tertiary/aromatic N) is 2. The second kappa shape index (κ2) is 8.29. The van der Waals surface area contributed by atoms with E-state index in [1.165, 1.54) is 5.56 Å². The summed E-state index contributed by atoms with van der Waals surface area (Å²) in [4.78, 5) is 0.239. The number of sulfonamides is 1. The van der Waals surface area contributed by atoms with Crippen molar-refractivity contribution in [2.45, 2.75) is 43.9 Å². The third-order valence-corrected chi connectivity index (χ3v) is 5.94. The lowest BCUT2D eigenvalue weighted by Gasteiger charge is -2.17. The largest absolute Gasteiger partial charge is 0.244 e. The van der Waals surface area contributed by atoms with Gasteiger partial charge >= 0.3 is 0 Å². The Hall–Kier alpha value is -2.44. The summed E-state index contributed by atoms with van der Waals surface area (Å²) in [6.07, 6.45) is 3.18. The van der Waals surface area contributed by atoms with Crippen molar-refractivity contribution in [3.05, 3.63) is 78.1 Å². The maximum atomic E-state index is 13.0. The number of hydrogen-bond acceptors (Lipinski definition) is 3. The van der Waals surface area contributed by atoms with Crippen molar-refractivity contribution in [1.82, 2.24) is 14.5 Å². The molecule has 0 atom stereocenters. The number of aryl methyl sites for hydroxylation is 1. The quantitative estimate of drug-likeness (QED) is 0.611. The molecule has 3 aromatic rings. The summed E-state index contributed by atoms with van der Waals surface area (Å²) in [5, 5.41) is 4.59. The Bertz CT molecular complexity index is 1000. The maximum Gasteiger partial charge on any atom is 0.244 e. The summed E-state index contributed by atoms with van der Waals surface area (Å²) in [5.41, 5.74) is 2.20. The molecule has 1 N–H and O–H groups in total. The first kappa shape index (κ1) is 20.3. The molecule has 0 saturated heterocycles. The van der Waals surface area contributed by atoms with E-state index >= 15 is 0 Å². The zero-order chi connectivity index (χ0) is 20.2. The Morgan fingerprint density at radius 1 is 0.964 bits per heavy atom. The predicted octanol–water partition coefficient (Wildman–Crippen LogP) is 4.08. The van der Waals surface area contributed by atoms with Gasteiger partial charge in [0.05, 0.1) is 17.6 Å². The van der Waals surface area contributed by atoms with Crippen LogP contribution < -0.4 is 4.72 Å². The lowest BCUT2D eigenvalue weighted by molar-refractivity contribution is 0.538. The molecule has 3 rings (SSSR count). The van der Waals surface area contributed by atoms with Crippen LogP contribution in [-0.4, -0.2) is 24.7 Å². The van der Waals surface area contributed by atoms with Crippen LogP contribution in [0, 0.1) is 0 Å². The number of hydrogen-bond donors (Lipinski definition) is 1. The van der Waals surface area contributed by atoms with E-state index in [-0.39, 0.29) is 4.90 Å². The molecule has 28 heavy (non-hydrogen) atoms. The van der Waals surface area contributed by atoms with Gasteiger partial charge < -0.3 is 0 Å². The minimum atomic E-state index is -3.65. The molecule has 0 aliphatic carbocycles. The third kappa shape index (κ3) is 4.88. The lowest BCUT2D eigenvalue weighted by atomic mass is 9.92. The van der Waals surface area contributed by atoms with Crippen molar-refractivity contribution < 1.29 is 8.42 Å². The van der Waals surface area contributed by atoms with E-state index in [4.69, 9.17) is 0 Å². The molecule has 1 aromatic heterocycles. The SMILES string of the molecule is CC(C)(C)c1nn(-c2ccccc2)cc1S(=O)(=O)NCCCc1ccccc1. The van der Waals surface area contributed by atoms with Crippen LogP contribution in [0.5, 0.6) is 0 Å². The second-order valence-corrected chi connectivity index (χ2v) is 9.59. The Balaban J connectivity index is 1.79. The first-order valence-corrected chi connectivity index (χ1v) is 10.9. The van der Waals surface area contributed by atoms with E-state index in [2.05, 4.69) is 22.0 Å². The standard InChI is InChI=1S/C22H27N3O2S/c1-22(2,3)21-20(17-25(24-21)19-14-8-5-9-15-19)28(26,27)23-16-10-13-18-11-6-4-7-12-18/h4-9,11-12,14-15,17,23H,10,13,16H2,1-3H3. The Kier molecular flexibility index (Phi) is 6.01. The summed E-state index contributed by atoms with van der Waals surface area (Å²) in [7, 11) is -3.65. The highest BCUT2D eigenvalue weighted by Gasteiger charge is 2.30.